The first-order valence-corrected chi connectivity index (χ1v) is 6.11. The van der Waals surface area contributed by atoms with Gasteiger partial charge in [-0.25, -0.2) is 4.79 Å². The number of carbonyl (C=O) groups is 1. The van der Waals surface area contributed by atoms with Crippen molar-refractivity contribution in [3.05, 3.63) is 12.2 Å². The van der Waals surface area contributed by atoms with E-state index >= 15 is 0 Å². The number of aromatic nitrogens is 3. The normalized spacial score (nSPS) is 18.4. The number of rotatable bonds is 0. The van der Waals surface area contributed by atoms with Crippen LogP contribution in [0.2, 0.25) is 0 Å². The molecule has 6 heteroatoms. The highest BCUT2D eigenvalue weighted by atomic mass is 16.6. The van der Waals surface area contributed by atoms with E-state index in [9.17, 15) is 4.79 Å². The lowest BCUT2D eigenvalue weighted by Crippen LogP contribution is -2.53. The molecule has 6 nitrogen and oxygen atoms in total. The first kappa shape index (κ1) is 12.9. The second-order valence-electron chi connectivity index (χ2n) is 6.04. The molecule has 1 aromatic heterocycles. The summed E-state index contributed by atoms with van der Waals surface area (Å²) in [6.07, 6.45) is 1.39. The van der Waals surface area contributed by atoms with Crippen LogP contribution in [0.4, 0.5) is 4.79 Å². The second-order valence-corrected chi connectivity index (χ2v) is 6.04. The standard InChI is InChI=1S/C12H20N4O2/c1-11(2,3)18-10(17)16-7-6-15-8-13-14-9(15)12(16,4)5/h8H,6-7H2,1-5H3. The van der Waals surface area contributed by atoms with Crippen molar-refractivity contribution in [2.75, 3.05) is 6.54 Å². The van der Waals surface area contributed by atoms with Crippen LogP contribution in [0, 0.1) is 0 Å². The lowest BCUT2D eigenvalue weighted by atomic mass is 10.00. The smallest absolute Gasteiger partial charge is 0.411 e. The van der Waals surface area contributed by atoms with E-state index in [0.717, 1.165) is 5.82 Å². The number of hydrogen-bond acceptors (Lipinski definition) is 4. The Morgan fingerprint density at radius 3 is 2.67 bits per heavy atom. The van der Waals surface area contributed by atoms with Crippen LogP contribution in [0.25, 0.3) is 0 Å². The molecular formula is C12H20N4O2. The summed E-state index contributed by atoms with van der Waals surface area (Å²) in [4.78, 5) is 13.9. The van der Waals surface area contributed by atoms with Gasteiger partial charge in [-0.15, -0.1) is 10.2 Å². The number of carbonyl (C=O) groups excluding carboxylic acids is 1. The molecule has 2 heterocycles. The molecule has 18 heavy (non-hydrogen) atoms. The van der Waals surface area contributed by atoms with E-state index in [2.05, 4.69) is 10.2 Å². The molecule has 100 valence electrons. The minimum Gasteiger partial charge on any atom is -0.444 e. The quantitative estimate of drug-likeness (QED) is 0.706. The zero-order valence-electron chi connectivity index (χ0n) is 11.6. The molecule has 0 fully saturated rings. The van der Waals surface area contributed by atoms with Crippen molar-refractivity contribution < 1.29 is 9.53 Å². The molecule has 0 saturated heterocycles. The van der Waals surface area contributed by atoms with Crippen molar-refractivity contribution in [3.63, 3.8) is 0 Å². The van der Waals surface area contributed by atoms with Crippen LogP contribution in [-0.2, 0) is 16.8 Å². The molecular weight excluding hydrogens is 232 g/mol. The highest BCUT2D eigenvalue weighted by Crippen LogP contribution is 2.30. The van der Waals surface area contributed by atoms with E-state index in [4.69, 9.17) is 4.74 Å². The van der Waals surface area contributed by atoms with Gasteiger partial charge >= 0.3 is 6.09 Å². The molecule has 0 atom stereocenters. The number of fused-ring (bicyclic) bond motifs is 1. The van der Waals surface area contributed by atoms with Crippen molar-refractivity contribution in [2.24, 2.45) is 0 Å². The topological polar surface area (TPSA) is 60.2 Å². The van der Waals surface area contributed by atoms with Gasteiger partial charge in [0.25, 0.3) is 0 Å². The van der Waals surface area contributed by atoms with Gasteiger partial charge in [0.1, 0.15) is 17.5 Å². The number of nitrogens with zero attached hydrogens (tertiary/aromatic N) is 4. The third kappa shape index (κ3) is 2.19. The summed E-state index contributed by atoms with van der Waals surface area (Å²) in [5.74, 6) is 0.791. The lowest BCUT2D eigenvalue weighted by Gasteiger charge is -2.41. The zero-order chi connectivity index (χ0) is 13.6. The lowest BCUT2D eigenvalue weighted by molar-refractivity contribution is -0.00698. The summed E-state index contributed by atoms with van der Waals surface area (Å²) in [6.45, 7) is 10.8. The van der Waals surface area contributed by atoms with Crippen LogP contribution in [0.15, 0.2) is 6.33 Å². The summed E-state index contributed by atoms with van der Waals surface area (Å²) in [5.41, 5.74) is -0.991. The zero-order valence-corrected chi connectivity index (χ0v) is 11.6. The molecule has 0 aliphatic carbocycles. The maximum atomic E-state index is 12.2. The minimum absolute atomic E-state index is 0.304. The Bertz CT molecular complexity index is 459. The van der Waals surface area contributed by atoms with Gasteiger partial charge in [-0.1, -0.05) is 0 Å². The molecule has 1 aliphatic rings. The van der Waals surface area contributed by atoms with Gasteiger partial charge in [0, 0.05) is 13.1 Å². The second kappa shape index (κ2) is 3.96. The maximum Gasteiger partial charge on any atom is 0.411 e. The Labute approximate surface area is 107 Å². The van der Waals surface area contributed by atoms with Crippen molar-refractivity contribution >= 4 is 6.09 Å². The van der Waals surface area contributed by atoms with Crippen LogP contribution < -0.4 is 0 Å². The third-order valence-electron chi connectivity index (χ3n) is 3.02. The van der Waals surface area contributed by atoms with Crippen LogP contribution in [0.5, 0.6) is 0 Å². The van der Waals surface area contributed by atoms with Gasteiger partial charge in [0.05, 0.1) is 0 Å². The van der Waals surface area contributed by atoms with E-state index in [1.807, 2.05) is 39.2 Å². The molecule has 0 saturated carbocycles. The fourth-order valence-electron chi connectivity index (χ4n) is 2.14. The molecule has 0 bridgehead atoms. The summed E-state index contributed by atoms with van der Waals surface area (Å²) >= 11 is 0. The summed E-state index contributed by atoms with van der Waals surface area (Å²) in [7, 11) is 0. The molecule has 1 aliphatic heterocycles. The van der Waals surface area contributed by atoms with Crippen molar-refractivity contribution in [1.29, 1.82) is 0 Å². The molecule has 0 spiro atoms. The van der Waals surface area contributed by atoms with E-state index in [1.54, 1.807) is 11.2 Å². The summed E-state index contributed by atoms with van der Waals surface area (Å²) in [6, 6.07) is 0. The van der Waals surface area contributed by atoms with Gasteiger partial charge in [0.15, 0.2) is 5.82 Å². The Morgan fingerprint density at radius 2 is 2.06 bits per heavy atom. The van der Waals surface area contributed by atoms with Gasteiger partial charge in [-0.05, 0) is 34.6 Å². The SMILES string of the molecule is CC(C)(C)OC(=O)N1CCn2cnnc2C1(C)C. The van der Waals surface area contributed by atoms with Crippen LogP contribution >= 0.6 is 0 Å². The molecule has 1 aromatic rings. The Balaban J connectivity index is 2.24. The fourth-order valence-corrected chi connectivity index (χ4v) is 2.14. The van der Waals surface area contributed by atoms with Crippen LogP contribution in [0.1, 0.15) is 40.4 Å². The first-order chi connectivity index (χ1) is 8.22. The van der Waals surface area contributed by atoms with Gasteiger partial charge in [0.2, 0.25) is 0 Å². The third-order valence-corrected chi connectivity index (χ3v) is 3.02. The number of ether oxygens (including phenoxy) is 1. The van der Waals surface area contributed by atoms with E-state index in [-0.39, 0.29) is 6.09 Å². The summed E-state index contributed by atoms with van der Waals surface area (Å²) < 4.78 is 7.41. The molecule has 1 amide bonds. The monoisotopic (exact) mass is 252 g/mol. The number of hydrogen-bond donors (Lipinski definition) is 0. The highest BCUT2D eigenvalue weighted by Gasteiger charge is 2.41. The van der Waals surface area contributed by atoms with E-state index in [1.165, 1.54) is 0 Å². The predicted molar refractivity (Wildman–Crippen MR) is 66.0 cm³/mol. The van der Waals surface area contributed by atoms with Gasteiger partial charge in [-0.3, -0.25) is 4.90 Å². The van der Waals surface area contributed by atoms with Crippen LogP contribution in [0.3, 0.4) is 0 Å². The highest BCUT2D eigenvalue weighted by molar-refractivity contribution is 5.69. The molecule has 0 radical (unpaired) electrons. The van der Waals surface area contributed by atoms with Crippen molar-refractivity contribution in [3.8, 4) is 0 Å². The maximum absolute atomic E-state index is 12.2. The molecule has 2 rings (SSSR count). The fraction of sp³-hybridized carbons (Fsp3) is 0.750. The molecule has 0 unspecified atom stereocenters. The first-order valence-electron chi connectivity index (χ1n) is 6.11. The Kier molecular flexibility index (Phi) is 2.83. The van der Waals surface area contributed by atoms with E-state index in [0.29, 0.717) is 13.1 Å². The predicted octanol–water partition coefficient (Wildman–Crippen LogP) is 1.76. The largest absolute Gasteiger partial charge is 0.444 e. The van der Waals surface area contributed by atoms with Crippen molar-refractivity contribution in [2.45, 2.75) is 52.3 Å². The average molecular weight is 252 g/mol. The Morgan fingerprint density at radius 1 is 1.39 bits per heavy atom. The van der Waals surface area contributed by atoms with Crippen molar-refractivity contribution in [1.82, 2.24) is 19.7 Å². The number of amides is 1. The van der Waals surface area contributed by atoms with Gasteiger partial charge < -0.3 is 9.30 Å². The van der Waals surface area contributed by atoms with E-state index < -0.39 is 11.1 Å². The molecule has 0 aromatic carbocycles. The molecule has 0 N–H and O–H groups in total. The average Bonchev–Trinajstić information content (AvgIpc) is 2.63. The Hall–Kier alpha value is -1.59. The minimum atomic E-state index is -0.503. The summed E-state index contributed by atoms with van der Waals surface area (Å²) in [5, 5.41) is 8.00. The van der Waals surface area contributed by atoms with Gasteiger partial charge in [-0.2, -0.15) is 0 Å². The van der Waals surface area contributed by atoms with Crippen LogP contribution in [-0.4, -0.2) is 37.9 Å².